The SMILES string of the molecule is CN(C(=O)c1ccc(Br)s1)C1(CC(=O)O)CCCCC1. The minimum Gasteiger partial charge on any atom is -0.481 e. The second-order valence-corrected chi connectivity index (χ2v) is 7.79. The second-order valence-electron chi connectivity index (χ2n) is 5.32. The molecule has 1 amide bonds. The number of halogens is 1. The van der Waals surface area contributed by atoms with Crippen LogP contribution < -0.4 is 0 Å². The molecule has 110 valence electrons. The van der Waals surface area contributed by atoms with Crippen LogP contribution in [0.4, 0.5) is 0 Å². The smallest absolute Gasteiger partial charge is 0.305 e. The molecule has 0 aliphatic heterocycles. The summed E-state index contributed by atoms with van der Waals surface area (Å²) in [4.78, 5) is 26.1. The summed E-state index contributed by atoms with van der Waals surface area (Å²) in [6.07, 6.45) is 4.66. The Bertz CT molecular complexity index is 508. The van der Waals surface area contributed by atoms with Gasteiger partial charge in [0, 0.05) is 7.05 Å². The van der Waals surface area contributed by atoms with E-state index in [4.69, 9.17) is 0 Å². The molecule has 2 rings (SSSR count). The summed E-state index contributed by atoms with van der Waals surface area (Å²) < 4.78 is 0.908. The molecule has 1 N–H and O–H groups in total. The van der Waals surface area contributed by atoms with Crippen LogP contribution in [0.3, 0.4) is 0 Å². The Morgan fingerprint density at radius 2 is 2.00 bits per heavy atom. The maximum Gasteiger partial charge on any atom is 0.305 e. The zero-order valence-electron chi connectivity index (χ0n) is 11.4. The summed E-state index contributed by atoms with van der Waals surface area (Å²) in [5, 5.41) is 9.19. The number of rotatable bonds is 4. The van der Waals surface area contributed by atoms with Gasteiger partial charge in [-0.1, -0.05) is 19.3 Å². The van der Waals surface area contributed by atoms with Crippen LogP contribution in [-0.2, 0) is 4.79 Å². The van der Waals surface area contributed by atoms with E-state index in [1.807, 2.05) is 6.07 Å². The van der Waals surface area contributed by atoms with Gasteiger partial charge in [0.2, 0.25) is 0 Å². The number of nitrogens with zero attached hydrogens (tertiary/aromatic N) is 1. The minimum absolute atomic E-state index is 0.0295. The van der Waals surface area contributed by atoms with Gasteiger partial charge >= 0.3 is 5.97 Å². The molecule has 0 atom stereocenters. The van der Waals surface area contributed by atoms with Gasteiger partial charge < -0.3 is 10.0 Å². The van der Waals surface area contributed by atoms with Crippen molar-refractivity contribution in [3.05, 3.63) is 20.8 Å². The van der Waals surface area contributed by atoms with Gasteiger partial charge in [0.15, 0.2) is 0 Å². The Balaban J connectivity index is 2.23. The number of carbonyl (C=O) groups excluding carboxylic acids is 1. The number of carboxylic acid groups (broad SMARTS) is 1. The van der Waals surface area contributed by atoms with Gasteiger partial charge in [-0.2, -0.15) is 0 Å². The topological polar surface area (TPSA) is 57.6 Å². The first kappa shape index (κ1) is 15.5. The number of amides is 1. The van der Waals surface area contributed by atoms with Gasteiger partial charge in [-0.15, -0.1) is 11.3 Å². The second kappa shape index (κ2) is 6.26. The first-order valence-electron chi connectivity index (χ1n) is 6.70. The largest absolute Gasteiger partial charge is 0.481 e. The highest BCUT2D eigenvalue weighted by molar-refractivity contribution is 9.11. The van der Waals surface area contributed by atoms with Crippen molar-refractivity contribution < 1.29 is 14.7 Å². The fourth-order valence-corrected chi connectivity index (χ4v) is 4.29. The maximum absolute atomic E-state index is 12.6. The van der Waals surface area contributed by atoms with Crippen molar-refractivity contribution in [1.29, 1.82) is 0 Å². The molecule has 1 aliphatic carbocycles. The van der Waals surface area contributed by atoms with E-state index in [-0.39, 0.29) is 12.3 Å². The van der Waals surface area contributed by atoms with Crippen LogP contribution >= 0.6 is 27.3 Å². The van der Waals surface area contributed by atoms with E-state index in [1.165, 1.54) is 11.3 Å². The average molecular weight is 360 g/mol. The lowest BCUT2D eigenvalue weighted by atomic mass is 9.78. The van der Waals surface area contributed by atoms with Gasteiger partial charge in [0.1, 0.15) is 0 Å². The third-order valence-corrected chi connectivity index (χ3v) is 5.68. The quantitative estimate of drug-likeness (QED) is 0.890. The lowest BCUT2D eigenvalue weighted by Crippen LogP contribution is -2.51. The van der Waals surface area contributed by atoms with Crippen LogP contribution in [0, 0.1) is 0 Å². The number of thiophene rings is 1. The van der Waals surface area contributed by atoms with E-state index in [0.717, 1.165) is 35.9 Å². The molecule has 20 heavy (non-hydrogen) atoms. The zero-order chi connectivity index (χ0) is 14.8. The Morgan fingerprint density at radius 3 is 2.50 bits per heavy atom. The molecule has 0 aromatic carbocycles. The summed E-state index contributed by atoms with van der Waals surface area (Å²) >= 11 is 4.74. The average Bonchev–Trinajstić information content (AvgIpc) is 2.84. The molecule has 1 aliphatic rings. The highest BCUT2D eigenvalue weighted by Crippen LogP contribution is 2.37. The monoisotopic (exact) mass is 359 g/mol. The van der Waals surface area contributed by atoms with Crippen LogP contribution in [-0.4, -0.2) is 34.5 Å². The van der Waals surface area contributed by atoms with Gasteiger partial charge in [-0.25, -0.2) is 0 Å². The molecule has 6 heteroatoms. The van der Waals surface area contributed by atoms with Crippen molar-refractivity contribution in [3.8, 4) is 0 Å². The Kier molecular flexibility index (Phi) is 4.86. The fraction of sp³-hybridized carbons (Fsp3) is 0.571. The number of aliphatic carboxylic acids is 1. The molecular formula is C14H18BrNO3S. The number of hydrogen-bond acceptors (Lipinski definition) is 3. The first-order valence-corrected chi connectivity index (χ1v) is 8.31. The van der Waals surface area contributed by atoms with Gasteiger partial charge in [0.05, 0.1) is 20.6 Å². The molecule has 0 unspecified atom stereocenters. The van der Waals surface area contributed by atoms with Crippen LogP contribution in [0.2, 0.25) is 0 Å². The zero-order valence-corrected chi connectivity index (χ0v) is 13.8. The molecule has 1 saturated carbocycles. The molecule has 1 aromatic heterocycles. The summed E-state index contributed by atoms with van der Waals surface area (Å²) in [5.74, 6) is -0.914. The molecule has 1 heterocycles. The molecule has 0 saturated heterocycles. The number of carbonyl (C=O) groups is 2. The van der Waals surface area contributed by atoms with Crippen LogP contribution in [0.25, 0.3) is 0 Å². The Morgan fingerprint density at radius 1 is 1.35 bits per heavy atom. The van der Waals surface area contributed by atoms with Crippen LogP contribution in [0.5, 0.6) is 0 Å². The highest BCUT2D eigenvalue weighted by Gasteiger charge is 2.40. The van der Waals surface area contributed by atoms with Crippen molar-refractivity contribution in [2.24, 2.45) is 0 Å². The van der Waals surface area contributed by atoms with Crippen molar-refractivity contribution in [1.82, 2.24) is 4.90 Å². The van der Waals surface area contributed by atoms with E-state index in [9.17, 15) is 14.7 Å². The van der Waals surface area contributed by atoms with Crippen molar-refractivity contribution in [3.63, 3.8) is 0 Å². The normalized spacial score (nSPS) is 17.7. The molecular weight excluding hydrogens is 342 g/mol. The number of carboxylic acids is 1. The maximum atomic E-state index is 12.6. The van der Waals surface area contributed by atoms with E-state index in [1.54, 1.807) is 18.0 Å². The predicted octanol–water partition coefficient (Wildman–Crippen LogP) is 3.76. The minimum atomic E-state index is -0.834. The van der Waals surface area contributed by atoms with E-state index >= 15 is 0 Å². The van der Waals surface area contributed by atoms with E-state index in [0.29, 0.717) is 4.88 Å². The molecule has 4 nitrogen and oxygen atoms in total. The number of hydrogen-bond donors (Lipinski definition) is 1. The fourth-order valence-electron chi connectivity index (χ4n) is 2.93. The van der Waals surface area contributed by atoms with Crippen molar-refractivity contribution >= 4 is 39.1 Å². The van der Waals surface area contributed by atoms with Crippen molar-refractivity contribution in [2.75, 3.05) is 7.05 Å². The molecule has 1 fully saturated rings. The molecule has 1 aromatic rings. The van der Waals surface area contributed by atoms with Gasteiger partial charge in [0.25, 0.3) is 5.91 Å². The first-order chi connectivity index (χ1) is 9.44. The lowest BCUT2D eigenvalue weighted by Gasteiger charge is -2.43. The molecule has 0 bridgehead atoms. The Hall–Kier alpha value is -0.880. The summed E-state index contributed by atoms with van der Waals surface area (Å²) in [5.41, 5.74) is -0.530. The van der Waals surface area contributed by atoms with E-state index in [2.05, 4.69) is 15.9 Å². The standard InChI is InChI=1S/C14H18BrNO3S/c1-16(13(19)10-5-6-11(15)20-10)14(9-12(17)18)7-3-2-4-8-14/h5-6H,2-4,7-9H2,1H3,(H,17,18). The molecule has 0 spiro atoms. The molecule has 0 radical (unpaired) electrons. The van der Waals surface area contributed by atoms with E-state index < -0.39 is 11.5 Å². The van der Waals surface area contributed by atoms with Crippen LogP contribution in [0.15, 0.2) is 15.9 Å². The highest BCUT2D eigenvalue weighted by atomic mass is 79.9. The predicted molar refractivity (Wildman–Crippen MR) is 82.2 cm³/mol. The summed E-state index contributed by atoms with van der Waals surface area (Å²) in [6, 6.07) is 3.63. The third-order valence-electron chi connectivity index (χ3n) is 4.06. The van der Waals surface area contributed by atoms with Gasteiger partial charge in [-0.05, 0) is 40.9 Å². The van der Waals surface area contributed by atoms with Gasteiger partial charge in [-0.3, -0.25) is 9.59 Å². The summed E-state index contributed by atoms with van der Waals surface area (Å²) in [6.45, 7) is 0. The third kappa shape index (κ3) is 3.23. The van der Waals surface area contributed by atoms with Crippen LogP contribution in [0.1, 0.15) is 48.2 Å². The van der Waals surface area contributed by atoms with Crippen molar-refractivity contribution in [2.45, 2.75) is 44.1 Å². The lowest BCUT2D eigenvalue weighted by molar-refractivity contribution is -0.140. The Labute approximate surface area is 130 Å². The summed E-state index contributed by atoms with van der Waals surface area (Å²) in [7, 11) is 1.74.